The Balaban J connectivity index is 1.23. The lowest BCUT2D eigenvalue weighted by Gasteiger charge is -2.16. The molecule has 9 aromatic rings. The molecular formula is C44H26N4. The summed E-state index contributed by atoms with van der Waals surface area (Å²) in [4.78, 5) is 0. The summed E-state index contributed by atoms with van der Waals surface area (Å²) in [5.41, 5.74) is 11.7. The summed E-state index contributed by atoms with van der Waals surface area (Å²) in [6.45, 7) is 0. The molecular weight excluding hydrogens is 585 g/mol. The molecule has 4 nitrogen and oxygen atoms in total. The summed E-state index contributed by atoms with van der Waals surface area (Å²) in [6.07, 6.45) is 0. The van der Waals surface area contributed by atoms with Crippen molar-refractivity contribution in [3.63, 3.8) is 0 Å². The highest BCUT2D eigenvalue weighted by Crippen LogP contribution is 2.39. The van der Waals surface area contributed by atoms with E-state index in [1.54, 1.807) is 0 Å². The number of fused-ring (bicyclic) bond motifs is 6. The van der Waals surface area contributed by atoms with Gasteiger partial charge < -0.3 is 9.13 Å². The second kappa shape index (κ2) is 10.9. The van der Waals surface area contributed by atoms with E-state index < -0.39 is 0 Å². The summed E-state index contributed by atoms with van der Waals surface area (Å²) in [5, 5.41) is 24.4. The number of hydrogen-bond donors (Lipinski definition) is 0. The van der Waals surface area contributed by atoms with Crippen molar-refractivity contribution in [2.45, 2.75) is 0 Å². The lowest BCUT2D eigenvalue weighted by molar-refractivity contribution is 1.18. The van der Waals surface area contributed by atoms with Gasteiger partial charge in [-0.25, -0.2) is 0 Å². The van der Waals surface area contributed by atoms with E-state index in [1.165, 1.54) is 21.8 Å². The van der Waals surface area contributed by atoms with Crippen molar-refractivity contribution >= 4 is 43.6 Å². The quantitative estimate of drug-likeness (QED) is 0.199. The smallest absolute Gasteiger partial charge is 0.0998 e. The van der Waals surface area contributed by atoms with Crippen LogP contribution in [0.4, 0.5) is 0 Å². The minimum atomic E-state index is 0.575. The molecule has 0 saturated heterocycles. The van der Waals surface area contributed by atoms with Gasteiger partial charge in [-0.05, 0) is 77.4 Å². The zero-order valence-electron chi connectivity index (χ0n) is 25.8. The van der Waals surface area contributed by atoms with Gasteiger partial charge in [-0.15, -0.1) is 0 Å². The van der Waals surface area contributed by atoms with Crippen LogP contribution < -0.4 is 0 Å². The monoisotopic (exact) mass is 610 g/mol. The summed E-state index contributed by atoms with van der Waals surface area (Å²) in [7, 11) is 0. The predicted octanol–water partition coefficient (Wildman–Crippen LogP) is 11.0. The van der Waals surface area contributed by atoms with Gasteiger partial charge >= 0.3 is 0 Å². The Morgan fingerprint density at radius 3 is 1.71 bits per heavy atom. The Bertz CT molecular complexity index is 2760. The number of hydrogen-bond acceptors (Lipinski definition) is 2. The molecule has 4 heteroatoms. The first-order chi connectivity index (χ1) is 23.7. The highest BCUT2D eigenvalue weighted by molar-refractivity contribution is 6.12. The van der Waals surface area contributed by atoms with Gasteiger partial charge in [0, 0.05) is 32.8 Å². The standard InChI is InChI=1S/C44H26N4/c45-27-29-22-23-35(43(24-29)48-41-20-6-3-17-38(41)44-33(28-46)13-9-21-42(44)48)32-12-7-10-30(25-32)31-11-8-14-34(26-31)47-39-18-4-1-15-36(39)37-16-2-5-19-40(37)47/h1-26H. The lowest BCUT2D eigenvalue weighted by atomic mass is 9.96. The first-order valence-corrected chi connectivity index (χ1v) is 15.9. The largest absolute Gasteiger partial charge is 0.309 e. The summed E-state index contributed by atoms with van der Waals surface area (Å²) in [5.74, 6) is 0. The molecule has 0 aliphatic carbocycles. The molecule has 7 aromatic carbocycles. The van der Waals surface area contributed by atoms with Crippen molar-refractivity contribution in [1.82, 2.24) is 9.13 Å². The van der Waals surface area contributed by atoms with Crippen molar-refractivity contribution in [2.75, 3.05) is 0 Å². The third-order valence-corrected chi connectivity index (χ3v) is 9.38. The van der Waals surface area contributed by atoms with E-state index in [-0.39, 0.29) is 0 Å². The average molecular weight is 611 g/mol. The fraction of sp³-hybridized carbons (Fsp3) is 0. The van der Waals surface area contributed by atoms with Gasteiger partial charge in [0.1, 0.15) is 0 Å². The van der Waals surface area contributed by atoms with Crippen LogP contribution in [0.3, 0.4) is 0 Å². The van der Waals surface area contributed by atoms with Crippen LogP contribution in [0.15, 0.2) is 158 Å². The average Bonchev–Trinajstić information content (AvgIpc) is 3.68. The fourth-order valence-electron chi connectivity index (χ4n) is 7.29. The van der Waals surface area contributed by atoms with Gasteiger partial charge in [-0.2, -0.15) is 10.5 Å². The van der Waals surface area contributed by atoms with Gasteiger partial charge in [0.25, 0.3) is 0 Å². The highest BCUT2D eigenvalue weighted by Gasteiger charge is 2.19. The Hall–Kier alpha value is -6.88. The number of nitrogens with zero attached hydrogens (tertiary/aromatic N) is 4. The molecule has 0 bridgehead atoms. The number of nitriles is 2. The van der Waals surface area contributed by atoms with Gasteiger partial charge in [0.2, 0.25) is 0 Å². The molecule has 0 spiro atoms. The van der Waals surface area contributed by atoms with Crippen LogP contribution in [0.1, 0.15) is 11.1 Å². The Labute approximate surface area is 277 Å². The SMILES string of the molecule is N#Cc1ccc(-c2cccc(-c3cccc(-n4c5ccccc5c5ccccc54)c3)c2)c(-n2c3ccccc3c3c(C#N)cccc32)c1. The third-order valence-electron chi connectivity index (χ3n) is 9.38. The topological polar surface area (TPSA) is 57.4 Å². The van der Waals surface area contributed by atoms with Crippen LogP contribution in [0, 0.1) is 22.7 Å². The molecule has 0 aliphatic heterocycles. The number of para-hydroxylation sites is 3. The van der Waals surface area contributed by atoms with E-state index >= 15 is 0 Å². The molecule has 2 aromatic heterocycles. The normalized spacial score (nSPS) is 11.3. The van der Waals surface area contributed by atoms with Gasteiger partial charge in [0.05, 0.1) is 51.0 Å². The first kappa shape index (κ1) is 27.4. The maximum absolute atomic E-state index is 10.0. The van der Waals surface area contributed by atoms with Crippen LogP contribution >= 0.6 is 0 Å². The zero-order valence-corrected chi connectivity index (χ0v) is 25.8. The molecule has 48 heavy (non-hydrogen) atoms. The van der Waals surface area contributed by atoms with Crippen molar-refractivity contribution in [3.05, 3.63) is 169 Å². The van der Waals surface area contributed by atoms with Crippen LogP contribution in [-0.2, 0) is 0 Å². The molecule has 0 atom stereocenters. The molecule has 2 heterocycles. The van der Waals surface area contributed by atoms with Crippen molar-refractivity contribution in [1.29, 1.82) is 10.5 Å². The maximum Gasteiger partial charge on any atom is 0.0998 e. The van der Waals surface area contributed by atoms with E-state index in [1.807, 2.05) is 42.5 Å². The van der Waals surface area contributed by atoms with E-state index in [0.717, 1.165) is 55.4 Å². The molecule has 0 unspecified atom stereocenters. The minimum absolute atomic E-state index is 0.575. The Kier molecular flexibility index (Phi) is 6.22. The first-order valence-electron chi connectivity index (χ1n) is 15.9. The molecule has 0 radical (unpaired) electrons. The second-order valence-corrected chi connectivity index (χ2v) is 12.0. The number of benzene rings is 7. The zero-order chi connectivity index (χ0) is 32.2. The molecule has 222 valence electrons. The van der Waals surface area contributed by atoms with Crippen LogP contribution in [0.5, 0.6) is 0 Å². The van der Waals surface area contributed by atoms with Gasteiger partial charge in [-0.3, -0.25) is 0 Å². The van der Waals surface area contributed by atoms with Crippen molar-refractivity contribution in [2.24, 2.45) is 0 Å². The second-order valence-electron chi connectivity index (χ2n) is 12.0. The van der Waals surface area contributed by atoms with Crippen LogP contribution in [-0.4, -0.2) is 9.13 Å². The van der Waals surface area contributed by atoms with Crippen LogP contribution in [0.25, 0.3) is 77.2 Å². The summed E-state index contributed by atoms with van der Waals surface area (Å²) in [6, 6.07) is 59.0. The lowest BCUT2D eigenvalue weighted by Crippen LogP contribution is -1.98. The molecule has 0 N–H and O–H groups in total. The molecule has 0 amide bonds. The predicted molar refractivity (Wildman–Crippen MR) is 195 cm³/mol. The number of rotatable bonds is 4. The van der Waals surface area contributed by atoms with Gasteiger partial charge in [-0.1, -0.05) is 97.1 Å². The number of aromatic nitrogens is 2. The molecule has 0 fully saturated rings. The van der Waals surface area contributed by atoms with E-state index in [4.69, 9.17) is 0 Å². The van der Waals surface area contributed by atoms with E-state index in [9.17, 15) is 10.5 Å². The Morgan fingerprint density at radius 1 is 0.417 bits per heavy atom. The van der Waals surface area contributed by atoms with Crippen LogP contribution in [0.2, 0.25) is 0 Å². The molecule has 0 saturated carbocycles. The maximum atomic E-state index is 10.0. The van der Waals surface area contributed by atoms with Crippen molar-refractivity contribution < 1.29 is 0 Å². The molecule has 0 aliphatic rings. The molecule has 9 rings (SSSR count). The Morgan fingerprint density at radius 2 is 1.00 bits per heavy atom. The summed E-state index contributed by atoms with van der Waals surface area (Å²) < 4.78 is 4.53. The minimum Gasteiger partial charge on any atom is -0.309 e. The summed E-state index contributed by atoms with van der Waals surface area (Å²) >= 11 is 0. The van der Waals surface area contributed by atoms with E-state index in [2.05, 4.69) is 137 Å². The van der Waals surface area contributed by atoms with Gasteiger partial charge in [0.15, 0.2) is 0 Å². The third kappa shape index (κ3) is 4.14. The fourth-order valence-corrected chi connectivity index (χ4v) is 7.29. The van der Waals surface area contributed by atoms with E-state index in [0.29, 0.717) is 11.1 Å². The highest BCUT2D eigenvalue weighted by atomic mass is 15.0. The van der Waals surface area contributed by atoms with Crippen molar-refractivity contribution in [3.8, 4) is 45.8 Å².